The van der Waals surface area contributed by atoms with Crippen LogP contribution in [-0.4, -0.2) is 28.7 Å². The molecule has 0 radical (unpaired) electrons. The molecule has 0 N–H and O–H groups in total. The minimum atomic E-state index is 0.935. The lowest BCUT2D eigenvalue weighted by Gasteiger charge is -2.29. The smallest absolute Gasteiger partial charge is 0.0824 e. The summed E-state index contributed by atoms with van der Waals surface area (Å²) in [6.07, 6.45) is 7.45. The lowest BCUT2D eigenvalue weighted by Crippen LogP contribution is -2.35. The topological polar surface area (TPSA) is 3.24 Å². The Labute approximate surface area is 133 Å². The Bertz CT molecular complexity index is 425. The maximum atomic E-state index is 5.67. The molecule has 0 aliphatic carbocycles. The van der Waals surface area contributed by atoms with Gasteiger partial charge in [-0.2, -0.15) is 0 Å². The summed E-state index contributed by atoms with van der Waals surface area (Å²) in [5.41, 5.74) is 1.41. The second kappa shape index (κ2) is 8.68. The van der Waals surface area contributed by atoms with Crippen LogP contribution in [0.5, 0.6) is 0 Å². The van der Waals surface area contributed by atoms with Crippen molar-refractivity contribution >= 4 is 29.0 Å². The van der Waals surface area contributed by atoms with Crippen molar-refractivity contribution in [3.05, 3.63) is 29.8 Å². The van der Waals surface area contributed by atoms with E-state index >= 15 is 0 Å². The fourth-order valence-corrected chi connectivity index (χ4v) is 4.03. The molecule has 0 spiro atoms. The molecule has 1 aliphatic rings. The van der Waals surface area contributed by atoms with E-state index in [4.69, 9.17) is 12.2 Å². The molecule has 0 unspecified atom stereocenters. The summed E-state index contributed by atoms with van der Waals surface area (Å²) in [7, 11) is 0. The van der Waals surface area contributed by atoms with E-state index in [-0.39, 0.29) is 0 Å². The van der Waals surface area contributed by atoms with Gasteiger partial charge in [0.05, 0.1) is 4.99 Å². The van der Waals surface area contributed by atoms with Crippen LogP contribution in [0.4, 0.5) is 0 Å². The van der Waals surface area contributed by atoms with Crippen LogP contribution in [0.1, 0.15) is 44.6 Å². The van der Waals surface area contributed by atoms with Crippen molar-refractivity contribution < 1.29 is 0 Å². The zero-order valence-corrected chi connectivity index (χ0v) is 14.1. The van der Waals surface area contributed by atoms with Gasteiger partial charge in [-0.3, -0.25) is 0 Å². The second-order valence-electron chi connectivity index (χ2n) is 5.43. The molecule has 1 aromatic carbocycles. The molecule has 20 heavy (non-hydrogen) atoms. The summed E-state index contributed by atoms with van der Waals surface area (Å²) in [5.74, 6) is 1.21. The first-order valence-corrected chi connectivity index (χ1v) is 9.19. The fourth-order valence-electron chi connectivity index (χ4n) is 2.54. The minimum Gasteiger partial charge on any atom is -0.366 e. The van der Waals surface area contributed by atoms with Gasteiger partial charge in [-0.15, -0.1) is 11.8 Å². The first-order valence-electron chi connectivity index (χ1n) is 7.79. The SMILES string of the molecule is CCCCSc1ccccc1CC(=S)N1CCCCC1. The van der Waals surface area contributed by atoms with Gasteiger partial charge >= 0.3 is 0 Å². The van der Waals surface area contributed by atoms with Crippen molar-refractivity contribution in [2.24, 2.45) is 0 Å². The summed E-state index contributed by atoms with van der Waals surface area (Å²) in [6, 6.07) is 8.76. The molecule has 1 aromatic rings. The van der Waals surface area contributed by atoms with E-state index in [0.29, 0.717) is 0 Å². The van der Waals surface area contributed by atoms with Gasteiger partial charge in [0.15, 0.2) is 0 Å². The lowest BCUT2D eigenvalue weighted by molar-refractivity contribution is 0.343. The molecule has 1 fully saturated rings. The number of benzene rings is 1. The largest absolute Gasteiger partial charge is 0.366 e. The summed E-state index contributed by atoms with van der Waals surface area (Å²) in [6.45, 7) is 4.56. The van der Waals surface area contributed by atoms with Crippen LogP contribution in [-0.2, 0) is 6.42 Å². The average Bonchev–Trinajstić information content (AvgIpc) is 2.50. The van der Waals surface area contributed by atoms with E-state index in [1.807, 2.05) is 11.8 Å². The highest BCUT2D eigenvalue weighted by Crippen LogP contribution is 2.25. The molecule has 0 bridgehead atoms. The monoisotopic (exact) mass is 307 g/mol. The van der Waals surface area contributed by atoms with Crippen molar-refractivity contribution in [1.29, 1.82) is 0 Å². The Balaban J connectivity index is 1.95. The number of hydrogen-bond donors (Lipinski definition) is 0. The highest BCUT2D eigenvalue weighted by molar-refractivity contribution is 7.99. The predicted octanol–water partition coefficient (Wildman–Crippen LogP) is 4.93. The van der Waals surface area contributed by atoms with Gasteiger partial charge in [-0.1, -0.05) is 43.8 Å². The molecule has 1 nitrogen and oxygen atoms in total. The molecular formula is C17H25NS2. The maximum absolute atomic E-state index is 5.67. The summed E-state index contributed by atoms with van der Waals surface area (Å²) < 4.78 is 0. The van der Waals surface area contributed by atoms with E-state index < -0.39 is 0 Å². The van der Waals surface area contributed by atoms with Crippen molar-refractivity contribution in [2.45, 2.75) is 50.3 Å². The molecule has 0 amide bonds. The Morgan fingerprint density at radius 2 is 1.95 bits per heavy atom. The van der Waals surface area contributed by atoms with Crippen molar-refractivity contribution in [1.82, 2.24) is 4.90 Å². The van der Waals surface area contributed by atoms with Crippen LogP contribution >= 0.6 is 24.0 Å². The molecule has 3 heteroatoms. The lowest BCUT2D eigenvalue weighted by atomic mass is 10.1. The van der Waals surface area contributed by atoms with Crippen LogP contribution in [0, 0.1) is 0 Å². The van der Waals surface area contributed by atoms with Gasteiger partial charge in [0, 0.05) is 24.4 Å². The van der Waals surface area contributed by atoms with Gasteiger partial charge in [-0.05, 0) is 43.1 Å². The van der Waals surface area contributed by atoms with Crippen LogP contribution in [0.15, 0.2) is 29.2 Å². The third kappa shape index (κ3) is 4.78. The van der Waals surface area contributed by atoms with E-state index in [1.165, 1.54) is 48.3 Å². The summed E-state index contributed by atoms with van der Waals surface area (Å²) in [5, 5.41) is 0. The van der Waals surface area contributed by atoms with E-state index in [2.05, 4.69) is 36.1 Å². The zero-order chi connectivity index (χ0) is 14.2. The van der Waals surface area contributed by atoms with Crippen LogP contribution in [0.3, 0.4) is 0 Å². The number of hydrogen-bond acceptors (Lipinski definition) is 2. The molecule has 0 saturated carbocycles. The second-order valence-corrected chi connectivity index (χ2v) is 7.04. The first kappa shape index (κ1) is 15.8. The van der Waals surface area contributed by atoms with Crippen LogP contribution in [0.25, 0.3) is 0 Å². The van der Waals surface area contributed by atoms with Gasteiger partial charge < -0.3 is 4.90 Å². The summed E-state index contributed by atoms with van der Waals surface area (Å²) in [4.78, 5) is 4.96. The standard InChI is InChI=1S/C17H25NS2/c1-2-3-13-20-16-10-6-5-9-15(16)14-17(19)18-11-7-4-8-12-18/h5-6,9-10H,2-4,7-8,11-14H2,1H3. The first-order chi connectivity index (χ1) is 9.81. The molecule has 1 aliphatic heterocycles. The molecule has 0 aromatic heterocycles. The Kier molecular flexibility index (Phi) is 6.88. The minimum absolute atomic E-state index is 0.935. The molecule has 1 saturated heterocycles. The number of piperidine rings is 1. The van der Waals surface area contributed by atoms with Crippen molar-refractivity contribution in [2.75, 3.05) is 18.8 Å². The van der Waals surface area contributed by atoms with Gasteiger partial charge in [0.25, 0.3) is 0 Å². The molecule has 110 valence electrons. The van der Waals surface area contributed by atoms with Crippen molar-refractivity contribution in [3.8, 4) is 0 Å². The Morgan fingerprint density at radius 3 is 2.70 bits per heavy atom. The van der Waals surface area contributed by atoms with E-state index in [1.54, 1.807) is 0 Å². The number of thiocarbonyl (C=S) groups is 1. The number of nitrogens with zero attached hydrogens (tertiary/aromatic N) is 1. The zero-order valence-electron chi connectivity index (χ0n) is 12.4. The van der Waals surface area contributed by atoms with Crippen LogP contribution < -0.4 is 0 Å². The number of unbranched alkanes of at least 4 members (excludes halogenated alkanes) is 1. The van der Waals surface area contributed by atoms with Gasteiger partial charge in [0.1, 0.15) is 0 Å². The molecule has 0 atom stereocenters. The van der Waals surface area contributed by atoms with E-state index in [0.717, 1.165) is 24.5 Å². The predicted molar refractivity (Wildman–Crippen MR) is 93.8 cm³/mol. The average molecular weight is 308 g/mol. The number of rotatable bonds is 6. The fraction of sp³-hybridized carbons (Fsp3) is 0.588. The molecule has 1 heterocycles. The molecular weight excluding hydrogens is 282 g/mol. The third-order valence-electron chi connectivity index (χ3n) is 3.78. The molecule has 2 rings (SSSR count). The normalized spacial score (nSPS) is 15.3. The van der Waals surface area contributed by atoms with Gasteiger partial charge in [-0.25, -0.2) is 0 Å². The Hall–Kier alpha value is -0.540. The quantitative estimate of drug-likeness (QED) is 0.416. The van der Waals surface area contributed by atoms with Crippen LogP contribution in [0.2, 0.25) is 0 Å². The Morgan fingerprint density at radius 1 is 1.20 bits per heavy atom. The van der Waals surface area contributed by atoms with E-state index in [9.17, 15) is 0 Å². The van der Waals surface area contributed by atoms with Crippen molar-refractivity contribution in [3.63, 3.8) is 0 Å². The number of thioether (sulfide) groups is 1. The summed E-state index contributed by atoms with van der Waals surface area (Å²) >= 11 is 7.65. The number of likely N-dealkylation sites (tertiary alicyclic amines) is 1. The van der Waals surface area contributed by atoms with Gasteiger partial charge in [0.2, 0.25) is 0 Å². The highest BCUT2D eigenvalue weighted by Gasteiger charge is 2.14. The third-order valence-corrected chi connectivity index (χ3v) is 5.38. The maximum Gasteiger partial charge on any atom is 0.0824 e. The highest BCUT2D eigenvalue weighted by atomic mass is 32.2.